The molecule has 0 atom stereocenters. The molecule has 1 aromatic carbocycles. The number of methoxy groups -OCH3 is 2. The third-order valence-electron chi connectivity index (χ3n) is 2.42. The lowest BCUT2D eigenvalue weighted by Gasteiger charge is -2.11. The molecule has 0 amide bonds. The van der Waals surface area contributed by atoms with Gasteiger partial charge in [0, 0.05) is 4.47 Å². The van der Waals surface area contributed by atoms with E-state index in [9.17, 15) is 0 Å². The number of hydrogen-bond acceptors (Lipinski definition) is 3. The standard InChI is InChI=1S/C12H16BrNO2S/c1-15-10-6-8(4-3-5-12(14)17)9(13)7-11(10)16-2/h6-7H,3-5H2,1-2H3,(H2,14,17). The van der Waals surface area contributed by atoms with E-state index < -0.39 is 0 Å². The van der Waals surface area contributed by atoms with Crippen LogP contribution in [0.25, 0.3) is 0 Å². The SMILES string of the molecule is COc1cc(Br)c(CCCC(N)=S)cc1OC. The van der Waals surface area contributed by atoms with Crippen molar-refractivity contribution in [2.45, 2.75) is 19.3 Å². The van der Waals surface area contributed by atoms with E-state index in [2.05, 4.69) is 15.9 Å². The van der Waals surface area contributed by atoms with Gasteiger partial charge in [0.1, 0.15) is 0 Å². The van der Waals surface area contributed by atoms with E-state index in [1.807, 2.05) is 12.1 Å². The molecule has 1 aromatic rings. The highest BCUT2D eigenvalue weighted by molar-refractivity contribution is 9.10. The number of halogens is 1. The molecule has 0 aromatic heterocycles. The first-order chi connectivity index (χ1) is 8.08. The smallest absolute Gasteiger partial charge is 0.161 e. The van der Waals surface area contributed by atoms with E-state index in [0.717, 1.165) is 35.2 Å². The monoisotopic (exact) mass is 317 g/mol. The lowest BCUT2D eigenvalue weighted by Crippen LogP contribution is -2.07. The minimum absolute atomic E-state index is 0.557. The van der Waals surface area contributed by atoms with Gasteiger partial charge >= 0.3 is 0 Å². The van der Waals surface area contributed by atoms with Crippen molar-refractivity contribution in [1.29, 1.82) is 0 Å². The molecule has 0 bridgehead atoms. The summed E-state index contributed by atoms with van der Waals surface area (Å²) in [5, 5.41) is 0. The van der Waals surface area contributed by atoms with Gasteiger partial charge < -0.3 is 15.2 Å². The van der Waals surface area contributed by atoms with Crippen LogP contribution in [-0.4, -0.2) is 19.2 Å². The zero-order chi connectivity index (χ0) is 12.8. The second-order valence-corrected chi connectivity index (χ2v) is 5.00. The van der Waals surface area contributed by atoms with Gasteiger partial charge in [-0.25, -0.2) is 0 Å². The molecule has 0 saturated carbocycles. The largest absolute Gasteiger partial charge is 0.493 e. The van der Waals surface area contributed by atoms with Crippen LogP contribution in [0, 0.1) is 0 Å². The number of thiocarbonyl (C=S) groups is 1. The number of rotatable bonds is 6. The van der Waals surface area contributed by atoms with E-state index in [0.29, 0.717) is 4.99 Å². The third kappa shape index (κ3) is 4.16. The minimum Gasteiger partial charge on any atom is -0.493 e. The van der Waals surface area contributed by atoms with Crippen LogP contribution in [0.4, 0.5) is 0 Å². The molecule has 0 unspecified atom stereocenters. The lowest BCUT2D eigenvalue weighted by molar-refractivity contribution is 0.354. The van der Waals surface area contributed by atoms with Crippen LogP contribution in [0.3, 0.4) is 0 Å². The molecule has 94 valence electrons. The number of benzene rings is 1. The van der Waals surface area contributed by atoms with Gasteiger partial charge in [-0.2, -0.15) is 0 Å². The number of ether oxygens (including phenoxy) is 2. The molecule has 2 N–H and O–H groups in total. The molecule has 0 radical (unpaired) electrons. The Hall–Kier alpha value is -0.810. The van der Waals surface area contributed by atoms with Crippen LogP contribution in [-0.2, 0) is 6.42 Å². The summed E-state index contributed by atoms with van der Waals surface area (Å²) in [6.07, 6.45) is 2.60. The van der Waals surface area contributed by atoms with E-state index in [4.69, 9.17) is 27.4 Å². The van der Waals surface area contributed by atoms with Gasteiger partial charge in [0.05, 0.1) is 19.2 Å². The van der Waals surface area contributed by atoms with Crippen molar-refractivity contribution in [3.8, 4) is 11.5 Å². The van der Waals surface area contributed by atoms with Gasteiger partial charge in [-0.15, -0.1) is 0 Å². The Kier molecular flexibility index (Phi) is 5.71. The minimum atomic E-state index is 0.557. The highest BCUT2D eigenvalue weighted by atomic mass is 79.9. The first kappa shape index (κ1) is 14.3. The zero-order valence-electron chi connectivity index (χ0n) is 9.96. The molecule has 3 nitrogen and oxygen atoms in total. The van der Waals surface area contributed by atoms with Gasteiger partial charge in [-0.05, 0) is 37.0 Å². The molecule has 0 aliphatic carbocycles. The van der Waals surface area contributed by atoms with Crippen LogP contribution in [0.5, 0.6) is 11.5 Å². The van der Waals surface area contributed by atoms with E-state index in [1.165, 1.54) is 5.56 Å². The molecule has 17 heavy (non-hydrogen) atoms. The summed E-state index contributed by atoms with van der Waals surface area (Å²) >= 11 is 8.37. The second kappa shape index (κ2) is 6.81. The Morgan fingerprint density at radius 2 is 1.88 bits per heavy atom. The van der Waals surface area contributed by atoms with Crippen molar-refractivity contribution in [3.05, 3.63) is 22.2 Å². The van der Waals surface area contributed by atoms with Crippen LogP contribution in [0.1, 0.15) is 18.4 Å². The molecule has 0 aliphatic heterocycles. The maximum absolute atomic E-state index is 5.47. The molecule has 0 saturated heterocycles. The van der Waals surface area contributed by atoms with Crippen LogP contribution < -0.4 is 15.2 Å². The summed E-state index contributed by atoms with van der Waals surface area (Å²) in [6, 6.07) is 3.89. The number of aryl methyl sites for hydroxylation is 1. The predicted octanol–water partition coefficient (Wildman–Crippen LogP) is 3.08. The van der Waals surface area contributed by atoms with Crippen molar-refractivity contribution >= 4 is 33.1 Å². The molecule has 5 heteroatoms. The van der Waals surface area contributed by atoms with Crippen molar-refractivity contribution in [3.63, 3.8) is 0 Å². The van der Waals surface area contributed by atoms with Gasteiger partial charge in [0.15, 0.2) is 11.5 Å². The van der Waals surface area contributed by atoms with Crippen molar-refractivity contribution in [2.24, 2.45) is 5.73 Å². The second-order valence-electron chi connectivity index (χ2n) is 3.62. The fraction of sp³-hybridized carbons (Fsp3) is 0.417. The first-order valence-electron chi connectivity index (χ1n) is 5.27. The Bertz CT molecular complexity index is 410. The fourth-order valence-corrected chi connectivity index (χ4v) is 2.21. The maximum atomic E-state index is 5.47. The van der Waals surface area contributed by atoms with Gasteiger partial charge in [-0.3, -0.25) is 0 Å². The Morgan fingerprint density at radius 1 is 1.29 bits per heavy atom. The first-order valence-corrected chi connectivity index (χ1v) is 6.47. The van der Waals surface area contributed by atoms with E-state index >= 15 is 0 Å². The van der Waals surface area contributed by atoms with Crippen molar-refractivity contribution in [2.75, 3.05) is 14.2 Å². The predicted molar refractivity (Wildman–Crippen MR) is 77.0 cm³/mol. The lowest BCUT2D eigenvalue weighted by atomic mass is 10.1. The topological polar surface area (TPSA) is 44.5 Å². The quantitative estimate of drug-likeness (QED) is 0.819. The van der Waals surface area contributed by atoms with Crippen molar-refractivity contribution < 1.29 is 9.47 Å². The summed E-state index contributed by atoms with van der Waals surface area (Å²) in [5.41, 5.74) is 6.64. The zero-order valence-corrected chi connectivity index (χ0v) is 12.4. The Morgan fingerprint density at radius 3 is 2.41 bits per heavy atom. The average molecular weight is 318 g/mol. The Labute approximate surface area is 115 Å². The highest BCUT2D eigenvalue weighted by Crippen LogP contribution is 2.33. The summed E-state index contributed by atoms with van der Waals surface area (Å²) < 4.78 is 11.5. The maximum Gasteiger partial charge on any atom is 0.161 e. The number of hydrogen-bond donors (Lipinski definition) is 1. The number of nitrogens with two attached hydrogens (primary N) is 1. The van der Waals surface area contributed by atoms with Crippen LogP contribution >= 0.6 is 28.1 Å². The third-order valence-corrected chi connectivity index (χ3v) is 3.36. The van der Waals surface area contributed by atoms with Crippen molar-refractivity contribution in [1.82, 2.24) is 0 Å². The van der Waals surface area contributed by atoms with Gasteiger partial charge in [0.2, 0.25) is 0 Å². The molecular formula is C12H16BrNO2S. The van der Waals surface area contributed by atoms with Gasteiger partial charge in [-0.1, -0.05) is 28.1 Å². The Balaban J connectivity index is 2.81. The molecule has 1 rings (SSSR count). The van der Waals surface area contributed by atoms with Crippen LogP contribution in [0.15, 0.2) is 16.6 Å². The summed E-state index contributed by atoms with van der Waals surface area (Å²) in [5.74, 6) is 1.46. The molecule has 0 fully saturated rings. The summed E-state index contributed by atoms with van der Waals surface area (Å²) in [4.78, 5) is 0.557. The fourth-order valence-electron chi connectivity index (χ4n) is 1.54. The summed E-state index contributed by atoms with van der Waals surface area (Å²) in [6.45, 7) is 0. The highest BCUT2D eigenvalue weighted by Gasteiger charge is 2.09. The van der Waals surface area contributed by atoms with E-state index in [1.54, 1.807) is 14.2 Å². The molecular weight excluding hydrogens is 302 g/mol. The molecule has 0 spiro atoms. The summed E-state index contributed by atoms with van der Waals surface area (Å²) in [7, 11) is 3.25. The van der Waals surface area contributed by atoms with Gasteiger partial charge in [0.25, 0.3) is 0 Å². The normalized spacial score (nSPS) is 10.1. The molecule has 0 heterocycles. The molecule has 0 aliphatic rings. The van der Waals surface area contributed by atoms with Crippen LogP contribution in [0.2, 0.25) is 0 Å². The average Bonchev–Trinajstić information content (AvgIpc) is 2.30. The van der Waals surface area contributed by atoms with E-state index in [-0.39, 0.29) is 0 Å².